The molecule has 5 rings (SSSR count). The standard InChI is InChI=1S/C21H28N6O3/c1-11-6-17-23-8-15(19(22)27(17)24-11)20(30)25-9-13-4-5-16-21(3,18(13)29)7-14(10-25)26(16)12(2)28/h6,8,13-14,16,18,29H,4-5,7,9-10,22H2,1-3H3/t13-,14-,16-,18+,21-/m0/s1. The minimum Gasteiger partial charge on any atom is -0.392 e. The van der Waals surface area contributed by atoms with E-state index in [1.165, 1.54) is 10.7 Å². The molecule has 2 aromatic rings. The van der Waals surface area contributed by atoms with Gasteiger partial charge in [-0.15, -0.1) is 0 Å². The van der Waals surface area contributed by atoms with Crippen LogP contribution in [0.15, 0.2) is 12.3 Å². The third-order valence-corrected chi connectivity index (χ3v) is 7.51. The molecule has 0 aromatic carbocycles. The molecular formula is C21H28N6O3. The van der Waals surface area contributed by atoms with Crippen LogP contribution in [0.5, 0.6) is 0 Å². The molecule has 0 unspecified atom stereocenters. The van der Waals surface area contributed by atoms with Crippen molar-refractivity contribution in [2.24, 2.45) is 11.3 Å². The lowest BCUT2D eigenvalue weighted by atomic mass is 9.64. The molecule has 2 saturated heterocycles. The van der Waals surface area contributed by atoms with E-state index in [4.69, 9.17) is 5.73 Å². The number of fused-ring (bicyclic) bond motifs is 3. The Hall–Kier alpha value is -2.68. The largest absolute Gasteiger partial charge is 0.392 e. The summed E-state index contributed by atoms with van der Waals surface area (Å²) in [5.41, 5.74) is 7.63. The van der Waals surface area contributed by atoms with Crippen molar-refractivity contribution in [3.8, 4) is 0 Å². The maximum Gasteiger partial charge on any atom is 0.259 e. The number of hydrogen-bond donors (Lipinski definition) is 2. The van der Waals surface area contributed by atoms with E-state index in [1.807, 2.05) is 11.8 Å². The van der Waals surface area contributed by atoms with Crippen LogP contribution in [0.1, 0.15) is 49.2 Å². The van der Waals surface area contributed by atoms with E-state index in [9.17, 15) is 14.7 Å². The minimum absolute atomic E-state index is 0.00305. The summed E-state index contributed by atoms with van der Waals surface area (Å²) in [5, 5.41) is 15.5. The number of likely N-dealkylation sites (tertiary alicyclic amines) is 2. The monoisotopic (exact) mass is 412 g/mol. The SMILES string of the molecule is CC(=O)N1[C@@H]2CN(C(=O)c3cnc4cc(C)nn4c3N)C[C@@H]3CC[C@H]1[C@](C)(C2)[C@@H]3O. The summed E-state index contributed by atoms with van der Waals surface area (Å²) in [6, 6.07) is 1.72. The molecule has 4 heterocycles. The number of aromatic nitrogens is 3. The van der Waals surface area contributed by atoms with Crippen LogP contribution >= 0.6 is 0 Å². The van der Waals surface area contributed by atoms with Crippen molar-refractivity contribution in [1.82, 2.24) is 24.4 Å². The molecule has 3 fully saturated rings. The lowest BCUT2D eigenvalue weighted by Gasteiger charge is -2.47. The van der Waals surface area contributed by atoms with Crippen molar-refractivity contribution < 1.29 is 14.7 Å². The second-order valence-electron chi connectivity index (χ2n) is 9.41. The van der Waals surface area contributed by atoms with E-state index in [1.54, 1.807) is 17.9 Å². The number of carbonyl (C=O) groups excluding carboxylic acids is 2. The van der Waals surface area contributed by atoms with Gasteiger partial charge in [-0.25, -0.2) is 4.98 Å². The van der Waals surface area contributed by atoms with Gasteiger partial charge in [-0.3, -0.25) is 9.59 Å². The Bertz CT molecular complexity index is 1050. The zero-order valence-electron chi connectivity index (χ0n) is 17.6. The minimum atomic E-state index is -0.551. The Morgan fingerprint density at radius 3 is 2.80 bits per heavy atom. The average molecular weight is 412 g/mol. The van der Waals surface area contributed by atoms with Crippen LogP contribution in [-0.4, -0.2) is 72.6 Å². The Morgan fingerprint density at radius 1 is 1.30 bits per heavy atom. The quantitative estimate of drug-likeness (QED) is 0.717. The van der Waals surface area contributed by atoms with Gasteiger partial charge in [0.15, 0.2) is 5.65 Å². The van der Waals surface area contributed by atoms with Gasteiger partial charge in [-0.05, 0) is 26.2 Å². The van der Waals surface area contributed by atoms with Crippen LogP contribution in [0.4, 0.5) is 5.82 Å². The molecule has 30 heavy (non-hydrogen) atoms. The molecule has 3 bridgehead atoms. The molecule has 3 N–H and O–H groups in total. The molecule has 2 amide bonds. The Balaban J connectivity index is 1.53. The van der Waals surface area contributed by atoms with E-state index >= 15 is 0 Å². The number of nitrogen functional groups attached to an aromatic ring is 1. The van der Waals surface area contributed by atoms with E-state index in [0.717, 1.165) is 18.5 Å². The van der Waals surface area contributed by atoms with Gasteiger partial charge in [-0.1, -0.05) is 6.92 Å². The summed E-state index contributed by atoms with van der Waals surface area (Å²) in [7, 11) is 0. The smallest absolute Gasteiger partial charge is 0.259 e. The van der Waals surface area contributed by atoms with Gasteiger partial charge < -0.3 is 20.6 Å². The van der Waals surface area contributed by atoms with Crippen molar-refractivity contribution in [3.63, 3.8) is 0 Å². The number of nitrogens with two attached hydrogens (primary N) is 1. The molecule has 2 aliphatic heterocycles. The van der Waals surface area contributed by atoms with E-state index < -0.39 is 6.10 Å². The Kier molecular flexibility index (Phi) is 4.12. The number of anilines is 1. The number of carbonyl (C=O) groups is 2. The van der Waals surface area contributed by atoms with E-state index in [0.29, 0.717) is 30.7 Å². The maximum absolute atomic E-state index is 13.5. The first-order chi connectivity index (χ1) is 14.2. The van der Waals surface area contributed by atoms with Crippen molar-refractivity contribution in [2.45, 2.75) is 58.2 Å². The molecule has 9 heteroatoms. The average Bonchev–Trinajstić information content (AvgIpc) is 3.23. The summed E-state index contributed by atoms with van der Waals surface area (Å²) in [6.45, 7) is 6.40. The van der Waals surface area contributed by atoms with Crippen molar-refractivity contribution in [1.29, 1.82) is 0 Å². The Labute approximate surface area is 174 Å². The van der Waals surface area contributed by atoms with E-state index in [-0.39, 0.29) is 41.0 Å². The summed E-state index contributed by atoms with van der Waals surface area (Å²) < 4.78 is 1.49. The molecule has 1 saturated carbocycles. The molecule has 160 valence electrons. The second-order valence-corrected chi connectivity index (χ2v) is 9.41. The topological polar surface area (TPSA) is 117 Å². The van der Waals surface area contributed by atoms with Crippen molar-refractivity contribution >= 4 is 23.3 Å². The van der Waals surface area contributed by atoms with Crippen LogP contribution in [0, 0.1) is 18.3 Å². The highest BCUT2D eigenvalue weighted by Crippen LogP contribution is 2.52. The van der Waals surface area contributed by atoms with Gasteiger partial charge in [0, 0.05) is 49.7 Å². The number of aliphatic hydroxyl groups excluding tert-OH is 1. The highest BCUT2D eigenvalue weighted by atomic mass is 16.3. The van der Waals surface area contributed by atoms with Gasteiger partial charge in [0.05, 0.1) is 17.8 Å². The molecule has 5 atom stereocenters. The van der Waals surface area contributed by atoms with E-state index in [2.05, 4.69) is 17.0 Å². The normalized spacial score (nSPS) is 33.1. The third kappa shape index (κ3) is 2.57. The summed E-state index contributed by atoms with van der Waals surface area (Å²) in [4.78, 5) is 34.0. The summed E-state index contributed by atoms with van der Waals surface area (Å²) in [5.74, 6) is 0.00519. The predicted octanol–water partition coefficient (Wildman–Crippen LogP) is 0.842. The number of rotatable bonds is 1. The molecule has 9 nitrogen and oxygen atoms in total. The number of amides is 2. The first-order valence-electron chi connectivity index (χ1n) is 10.6. The van der Waals surface area contributed by atoms with Gasteiger partial charge in [-0.2, -0.15) is 9.61 Å². The predicted molar refractivity (Wildman–Crippen MR) is 110 cm³/mol. The fourth-order valence-corrected chi connectivity index (χ4v) is 6.17. The van der Waals surface area contributed by atoms with Crippen LogP contribution < -0.4 is 5.73 Å². The van der Waals surface area contributed by atoms with Gasteiger partial charge >= 0.3 is 0 Å². The highest BCUT2D eigenvalue weighted by Gasteiger charge is 2.59. The first-order valence-corrected chi connectivity index (χ1v) is 10.6. The summed E-state index contributed by atoms with van der Waals surface area (Å²) >= 11 is 0. The summed E-state index contributed by atoms with van der Waals surface area (Å²) in [6.07, 6.45) is 3.29. The molecule has 1 aliphatic carbocycles. The number of aryl methyl sites for hydroxylation is 1. The lowest BCUT2D eigenvalue weighted by molar-refractivity contribution is -0.135. The van der Waals surface area contributed by atoms with Crippen LogP contribution in [0.25, 0.3) is 5.65 Å². The molecular weight excluding hydrogens is 384 g/mol. The van der Waals surface area contributed by atoms with Crippen molar-refractivity contribution in [2.75, 3.05) is 18.8 Å². The fourth-order valence-electron chi connectivity index (χ4n) is 6.17. The number of hydrogen-bond acceptors (Lipinski definition) is 6. The molecule has 3 aliphatic rings. The van der Waals surface area contributed by atoms with Crippen LogP contribution in [0.2, 0.25) is 0 Å². The van der Waals surface area contributed by atoms with Crippen molar-refractivity contribution in [3.05, 3.63) is 23.5 Å². The zero-order chi connectivity index (χ0) is 21.4. The molecule has 0 spiro atoms. The maximum atomic E-state index is 13.5. The fraction of sp³-hybridized carbons (Fsp3) is 0.619. The molecule has 2 aromatic heterocycles. The van der Waals surface area contributed by atoms with Gasteiger partial charge in [0.25, 0.3) is 5.91 Å². The van der Waals surface area contributed by atoms with Gasteiger partial charge in [0.1, 0.15) is 11.4 Å². The number of aliphatic hydroxyl groups is 1. The third-order valence-electron chi connectivity index (χ3n) is 7.51. The zero-order valence-corrected chi connectivity index (χ0v) is 17.6. The van der Waals surface area contributed by atoms with Gasteiger partial charge in [0.2, 0.25) is 5.91 Å². The number of nitrogens with zero attached hydrogens (tertiary/aromatic N) is 5. The first kappa shape index (κ1) is 19.3. The lowest BCUT2D eigenvalue weighted by Crippen LogP contribution is -2.54. The highest BCUT2D eigenvalue weighted by molar-refractivity contribution is 5.98. The van der Waals surface area contributed by atoms with Crippen LogP contribution in [-0.2, 0) is 4.79 Å². The Morgan fingerprint density at radius 2 is 2.07 bits per heavy atom. The molecule has 0 radical (unpaired) electrons. The van der Waals surface area contributed by atoms with Crippen LogP contribution in [0.3, 0.4) is 0 Å². The second kappa shape index (κ2) is 6.41.